The van der Waals surface area contributed by atoms with Crippen LogP contribution < -0.4 is 0 Å². The van der Waals surface area contributed by atoms with E-state index >= 15 is 0 Å². The van der Waals surface area contributed by atoms with Gasteiger partial charge in [-0.2, -0.15) is 0 Å². The van der Waals surface area contributed by atoms with Crippen molar-refractivity contribution in [2.75, 3.05) is 0 Å². The number of rotatable bonds is 2. The van der Waals surface area contributed by atoms with Gasteiger partial charge >= 0.3 is 0 Å². The Morgan fingerprint density at radius 1 is 0.875 bits per heavy atom. The molecule has 0 aliphatic rings. The van der Waals surface area contributed by atoms with E-state index in [9.17, 15) is 0 Å². The van der Waals surface area contributed by atoms with Crippen LogP contribution in [0, 0.1) is 0 Å². The highest BCUT2D eigenvalue weighted by atomic mass is 79.9. The molecule has 0 fully saturated rings. The predicted molar refractivity (Wildman–Crippen MR) is 73.7 cm³/mol. The fraction of sp³-hybridized carbons (Fsp3) is 0.333. The first-order valence-electron chi connectivity index (χ1n) is 5.30. The Morgan fingerprint density at radius 2 is 1.25 bits per heavy atom. The third-order valence-corrected chi connectivity index (χ3v) is 3.83. The second-order valence-electron chi connectivity index (χ2n) is 3.55. The summed E-state index contributed by atoms with van der Waals surface area (Å²) >= 11 is 7.04. The fourth-order valence-electron chi connectivity index (χ4n) is 1.71. The largest absolute Gasteiger partial charge is 0.248 e. The lowest BCUT2D eigenvalue weighted by Crippen LogP contribution is -2.01. The molecular weight excluding hydrogens is 332 g/mol. The van der Waals surface area contributed by atoms with Crippen molar-refractivity contribution in [2.24, 2.45) is 0 Å². The lowest BCUT2D eigenvalue weighted by Gasteiger charge is -2.08. The van der Waals surface area contributed by atoms with Crippen LogP contribution in [-0.2, 0) is 12.8 Å². The molecule has 0 saturated carbocycles. The molecule has 1 heterocycles. The van der Waals surface area contributed by atoms with Crippen LogP contribution in [0.3, 0.4) is 0 Å². The number of halogens is 2. The SMILES string of the molecule is CCc1nc2c(Br)ccc(Br)c2nc1CC. The Labute approximate surface area is 112 Å². The number of hydrogen-bond donors (Lipinski definition) is 0. The zero-order valence-electron chi connectivity index (χ0n) is 9.22. The molecule has 0 bridgehead atoms. The lowest BCUT2D eigenvalue weighted by molar-refractivity contribution is 0.928. The predicted octanol–water partition coefficient (Wildman–Crippen LogP) is 4.28. The molecule has 0 atom stereocenters. The van der Waals surface area contributed by atoms with Gasteiger partial charge in [-0.25, -0.2) is 9.97 Å². The Bertz CT molecular complexity index is 490. The van der Waals surface area contributed by atoms with Gasteiger partial charge in [0.05, 0.1) is 11.4 Å². The summed E-state index contributed by atoms with van der Waals surface area (Å²) in [6, 6.07) is 3.98. The normalized spacial score (nSPS) is 11.0. The first kappa shape index (κ1) is 12.0. The second-order valence-corrected chi connectivity index (χ2v) is 5.26. The van der Waals surface area contributed by atoms with E-state index < -0.39 is 0 Å². The van der Waals surface area contributed by atoms with E-state index in [4.69, 9.17) is 0 Å². The average Bonchev–Trinajstić information content (AvgIpc) is 2.32. The van der Waals surface area contributed by atoms with Crippen molar-refractivity contribution in [2.45, 2.75) is 26.7 Å². The molecule has 0 spiro atoms. The van der Waals surface area contributed by atoms with Crippen LogP contribution in [0.25, 0.3) is 11.0 Å². The van der Waals surface area contributed by atoms with Crippen LogP contribution in [0.1, 0.15) is 25.2 Å². The molecule has 0 N–H and O–H groups in total. The Morgan fingerprint density at radius 3 is 1.56 bits per heavy atom. The maximum atomic E-state index is 4.69. The number of hydrogen-bond acceptors (Lipinski definition) is 2. The number of aryl methyl sites for hydroxylation is 2. The lowest BCUT2D eigenvalue weighted by atomic mass is 10.2. The van der Waals surface area contributed by atoms with Crippen molar-refractivity contribution in [3.63, 3.8) is 0 Å². The monoisotopic (exact) mass is 342 g/mol. The molecule has 2 nitrogen and oxygen atoms in total. The first-order valence-corrected chi connectivity index (χ1v) is 6.89. The number of aromatic nitrogens is 2. The van der Waals surface area contributed by atoms with Gasteiger partial charge in [-0.15, -0.1) is 0 Å². The summed E-state index contributed by atoms with van der Waals surface area (Å²) < 4.78 is 1.99. The van der Waals surface area contributed by atoms with Gasteiger partial charge in [0, 0.05) is 8.95 Å². The molecular formula is C12H12Br2N2. The van der Waals surface area contributed by atoms with Crippen LogP contribution in [0.4, 0.5) is 0 Å². The zero-order chi connectivity index (χ0) is 11.7. The quantitative estimate of drug-likeness (QED) is 0.813. The number of nitrogens with zero attached hydrogens (tertiary/aromatic N) is 2. The number of fused-ring (bicyclic) bond motifs is 1. The molecule has 0 aliphatic heterocycles. The average molecular weight is 344 g/mol. The Hall–Kier alpha value is -0.480. The second kappa shape index (κ2) is 4.80. The van der Waals surface area contributed by atoms with Crippen LogP contribution in [0.2, 0.25) is 0 Å². The van der Waals surface area contributed by atoms with Crippen molar-refractivity contribution >= 4 is 42.9 Å². The van der Waals surface area contributed by atoms with Gasteiger partial charge in [0.15, 0.2) is 0 Å². The highest BCUT2D eigenvalue weighted by molar-refractivity contribution is 9.11. The minimum Gasteiger partial charge on any atom is -0.248 e. The van der Waals surface area contributed by atoms with Crippen molar-refractivity contribution in [1.82, 2.24) is 9.97 Å². The molecule has 0 aliphatic carbocycles. The van der Waals surface area contributed by atoms with Crippen molar-refractivity contribution < 1.29 is 0 Å². The molecule has 1 aromatic carbocycles. The van der Waals surface area contributed by atoms with Crippen LogP contribution in [0.15, 0.2) is 21.1 Å². The summed E-state index contributed by atoms with van der Waals surface area (Å²) in [6.07, 6.45) is 1.84. The number of benzene rings is 1. The van der Waals surface area contributed by atoms with E-state index in [0.29, 0.717) is 0 Å². The topological polar surface area (TPSA) is 25.8 Å². The summed E-state index contributed by atoms with van der Waals surface area (Å²) in [5.74, 6) is 0. The first-order chi connectivity index (χ1) is 7.67. The highest BCUT2D eigenvalue weighted by Gasteiger charge is 2.10. The molecule has 0 unspecified atom stereocenters. The molecule has 0 saturated heterocycles. The van der Waals surface area contributed by atoms with Crippen LogP contribution in [-0.4, -0.2) is 9.97 Å². The van der Waals surface area contributed by atoms with E-state index in [2.05, 4.69) is 55.7 Å². The van der Waals surface area contributed by atoms with E-state index in [-0.39, 0.29) is 0 Å². The molecule has 16 heavy (non-hydrogen) atoms. The summed E-state index contributed by atoms with van der Waals surface area (Å²) in [4.78, 5) is 9.37. The molecule has 84 valence electrons. The smallest absolute Gasteiger partial charge is 0.104 e. The Balaban J connectivity index is 2.82. The van der Waals surface area contributed by atoms with Gasteiger partial charge in [-0.1, -0.05) is 13.8 Å². The zero-order valence-corrected chi connectivity index (χ0v) is 12.4. The third kappa shape index (κ3) is 2.00. The van der Waals surface area contributed by atoms with Crippen LogP contribution >= 0.6 is 31.9 Å². The summed E-state index contributed by atoms with van der Waals surface area (Å²) in [6.45, 7) is 4.22. The summed E-state index contributed by atoms with van der Waals surface area (Å²) in [7, 11) is 0. The van der Waals surface area contributed by atoms with Gasteiger partial charge in [0.2, 0.25) is 0 Å². The fourth-order valence-corrected chi connectivity index (χ4v) is 2.53. The van der Waals surface area contributed by atoms with E-state index in [0.717, 1.165) is 44.2 Å². The van der Waals surface area contributed by atoms with Crippen molar-refractivity contribution in [1.29, 1.82) is 0 Å². The Kier molecular flexibility index (Phi) is 3.60. The van der Waals surface area contributed by atoms with Gasteiger partial charge in [-0.3, -0.25) is 0 Å². The van der Waals surface area contributed by atoms with Gasteiger partial charge in [0.25, 0.3) is 0 Å². The van der Waals surface area contributed by atoms with Gasteiger partial charge in [-0.05, 0) is 56.8 Å². The molecule has 0 amide bonds. The van der Waals surface area contributed by atoms with Crippen molar-refractivity contribution in [3.8, 4) is 0 Å². The van der Waals surface area contributed by atoms with Crippen molar-refractivity contribution in [3.05, 3.63) is 32.5 Å². The highest BCUT2D eigenvalue weighted by Crippen LogP contribution is 2.28. The molecule has 0 radical (unpaired) electrons. The van der Waals surface area contributed by atoms with E-state index in [1.54, 1.807) is 0 Å². The maximum Gasteiger partial charge on any atom is 0.104 e. The molecule has 2 aromatic rings. The summed E-state index contributed by atoms with van der Waals surface area (Å²) in [5.41, 5.74) is 4.05. The maximum absolute atomic E-state index is 4.69. The van der Waals surface area contributed by atoms with E-state index in [1.807, 2.05) is 12.1 Å². The standard InChI is InChI=1S/C12H12Br2N2/c1-3-9-10(4-2)16-12-8(14)6-5-7(13)11(12)15-9/h5-6H,3-4H2,1-2H3. The molecule has 2 rings (SSSR count). The van der Waals surface area contributed by atoms with Crippen LogP contribution in [0.5, 0.6) is 0 Å². The van der Waals surface area contributed by atoms with E-state index in [1.165, 1.54) is 0 Å². The van der Waals surface area contributed by atoms with Gasteiger partial charge < -0.3 is 0 Å². The molecule has 1 aromatic heterocycles. The minimum atomic E-state index is 0.922. The molecule has 4 heteroatoms. The summed E-state index contributed by atoms with van der Waals surface area (Å²) in [5, 5.41) is 0. The third-order valence-electron chi connectivity index (χ3n) is 2.55. The van der Waals surface area contributed by atoms with Gasteiger partial charge in [0.1, 0.15) is 11.0 Å². The minimum absolute atomic E-state index is 0.922.